The van der Waals surface area contributed by atoms with Gasteiger partial charge in [-0.05, 0) is 56.2 Å². The van der Waals surface area contributed by atoms with Crippen molar-refractivity contribution in [3.05, 3.63) is 54.4 Å². The van der Waals surface area contributed by atoms with E-state index >= 15 is 0 Å². The number of anilines is 1. The van der Waals surface area contributed by atoms with Crippen molar-refractivity contribution in [3.63, 3.8) is 0 Å². The summed E-state index contributed by atoms with van der Waals surface area (Å²) in [6.45, 7) is 2.51. The summed E-state index contributed by atoms with van der Waals surface area (Å²) >= 11 is 0. The number of rotatable bonds is 6. The number of carbonyl (C=O) groups is 2. The van der Waals surface area contributed by atoms with Gasteiger partial charge >= 0.3 is 5.97 Å². The molecule has 1 aliphatic heterocycles. The molecule has 1 saturated heterocycles. The van der Waals surface area contributed by atoms with Gasteiger partial charge in [-0.2, -0.15) is 4.31 Å². The summed E-state index contributed by atoms with van der Waals surface area (Å²) < 4.78 is 31.6. The van der Waals surface area contributed by atoms with Crippen LogP contribution in [0.5, 0.6) is 0 Å². The summed E-state index contributed by atoms with van der Waals surface area (Å²) in [6.07, 6.45) is 3.58. The van der Waals surface area contributed by atoms with Crippen LogP contribution in [-0.4, -0.2) is 48.8 Å². The third-order valence-corrected chi connectivity index (χ3v) is 6.29. The molecule has 1 amide bonds. The Morgan fingerprint density at radius 2 is 1.82 bits per heavy atom. The fourth-order valence-corrected chi connectivity index (χ4v) is 4.31. The average molecular weight is 403 g/mol. The van der Waals surface area contributed by atoms with E-state index in [-0.39, 0.29) is 10.5 Å². The summed E-state index contributed by atoms with van der Waals surface area (Å²) in [5.74, 6) is -1.17. The number of ether oxygens (including phenoxy) is 1. The quantitative estimate of drug-likeness (QED) is 0.740. The van der Waals surface area contributed by atoms with Gasteiger partial charge in [0.15, 0.2) is 6.10 Å². The molecule has 9 heteroatoms. The highest BCUT2D eigenvalue weighted by atomic mass is 32.2. The minimum atomic E-state index is -3.50. The van der Waals surface area contributed by atoms with E-state index in [1.807, 2.05) is 0 Å². The molecule has 0 bridgehead atoms. The van der Waals surface area contributed by atoms with Crippen molar-refractivity contribution in [2.75, 3.05) is 18.4 Å². The predicted octanol–water partition coefficient (Wildman–Crippen LogP) is 2.05. The molecule has 1 fully saturated rings. The van der Waals surface area contributed by atoms with Crippen LogP contribution >= 0.6 is 0 Å². The predicted molar refractivity (Wildman–Crippen MR) is 102 cm³/mol. The van der Waals surface area contributed by atoms with Crippen LogP contribution in [-0.2, 0) is 19.6 Å². The number of benzene rings is 1. The van der Waals surface area contributed by atoms with Gasteiger partial charge in [0.1, 0.15) is 0 Å². The molecule has 3 rings (SSSR count). The van der Waals surface area contributed by atoms with Gasteiger partial charge in [-0.25, -0.2) is 13.2 Å². The molecule has 1 N–H and O–H groups in total. The Hall–Kier alpha value is -2.78. The number of sulfonamides is 1. The van der Waals surface area contributed by atoms with Crippen LogP contribution in [0, 0.1) is 0 Å². The minimum Gasteiger partial charge on any atom is -0.449 e. The van der Waals surface area contributed by atoms with Gasteiger partial charge in [-0.1, -0.05) is 0 Å². The van der Waals surface area contributed by atoms with Crippen LogP contribution in [0.4, 0.5) is 5.69 Å². The number of pyridine rings is 1. The molecule has 148 valence electrons. The first-order chi connectivity index (χ1) is 13.4. The first kappa shape index (κ1) is 20.0. The lowest BCUT2D eigenvalue weighted by atomic mass is 10.2. The Morgan fingerprint density at radius 1 is 1.14 bits per heavy atom. The molecule has 1 aromatic carbocycles. The third kappa shape index (κ3) is 4.55. The molecule has 0 aliphatic carbocycles. The maximum Gasteiger partial charge on any atom is 0.340 e. The second-order valence-corrected chi connectivity index (χ2v) is 8.35. The molecule has 1 aliphatic rings. The fourth-order valence-electron chi connectivity index (χ4n) is 2.80. The van der Waals surface area contributed by atoms with Crippen molar-refractivity contribution in [2.45, 2.75) is 30.8 Å². The standard InChI is InChI=1S/C19H21N3O5S/c1-14(27-19(24)15-5-4-10-20-13-15)18(23)21-16-6-8-17(9-7-16)28(25,26)22-11-2-3-12-22/h4-10,13-14H,2-3,11-12H2,1H3,(H,21,23). The van der Waals surface area contributed by atoms with Crippen molar-refractivity contribution in [1.82, 2.24) is 9.29 Å². The van der Waals surface area contributed by atoms with Gasteiger partial charge < -0.3 is 10.1 Å². The Balaban J connectivity index is 1.60. The van der Waals surface area contributed by atoms with Crippen molar-refractivity contribution in [1.29, 1.82) is 0 Å². The lowest BCUT2D eigenvalue weighted by Crippen LogP contribution is -2.30. The van der Waals surface area contributed by atoms with E-state index in [0.717, 1.165) is 12.8 Å². The highest BCUT2D eigenvalue weighted by Gasteiger charge is 2.27. The van der Waals surface area contributed by atoms with Gasteiger partial charge in [0.05, 0.1) is 10.5 Å². The topological polar surface area (TPSA) is 106 Å². The lowest BCUT2D eigenvalue weighted by Gasteiger charge is -2.16. The first-order valence-electron chi connectivity index (χ1n) is 8.90. The number of esters is 1. The Morgan fingerprint density at radius 3 is 2.43 bits per heavy atom. The molecule has 0 spiro atoms. The number of aromatic nitrogens is 1. The SMILES string of the molecule is CC(OC(=O)c1cccnc1)C(=O)Nc1ccc(S(=O)(=O)N2CCCC2)cc1. The maximum atomic E-state index is 12.5. The summed E-state index contributed by atoms with van der Waals surface area (Å²) in [5, 5.41) is 2.61. The van der Waals surface area contributed by atoms with Crippen molar-refractivity contribution in [3.8, 4) is 0 Å². The lowest BCUT2D eigenvalue weighted by molar-refractivity contribution is -0.123. The van der Waals surface area contributed by atoms with Crippen LogP contribution in [0.25, 0.3) is 0 Å². The first-order valence-corrected chi connectivity index (χ1v) is 10.3. The summed E-state index contributed by atoms with van der Waals surface area (Å²) in [6, 6.07) is 9.07. The van der Waals surface area contributed by atoms with Gasteiger partial charge in [0.25, 0.3) is 5.91 Å². The number of hydrogen-bond acceptors (Lipinski definition) is 6. The second kappa shape index (κ2) is 8.49. The van der Waals surface area contributed by atoms with Crippen molar-refractivity contribution < 1.29 is 22.7 Å². The molecule has 2 aromatic rings. The summed E-state index contributed by atoms with van der Waals surface area (Å²) in [4.78, 5) is 28.2. The summed E-state index contributed by atoms with van der Waals surface area (Å²) in [5.41, 5.74) is 0.660. The Kier molecular flexibility index (Phi) is 6.05. The number of nitrogens with zero attached hydrogens (tertiary/aromatic N) is 2. The zero-order valence-corrected chi connectivity index (χ0v) is 16.2. The average Bonchev–Trinajstić information content (AvgIpc) is 3.25. The van der Waals surface area contributed by atoms with Crippen LogP contribution in [0.15, 0.2) is 53.7 Å². The van der Waals surface area contributed by atoms with E-state index < -0.39 is 28.0 Å². The number of nitrogens with one attached hydrogen (secondary N) is 1. The van der Waals surface area contributed by atoms with Gasteiger partial charge in [-0.15, -0.1) is 0 Å². The monoisotopic (exact) mass is 403 g/mol. The highest BCUT2D eigenvalue weighted by molar-refractivity contribution is 7.89. The van der Waals surface area contributed by atoms with Gasteiger partial charge in [-0.3, -0.25) is 9.78 Å². The third-order valence-electron chi connectivity index (χ3n) is 4.37. The molecule has 1 atom stereocenters. The number of hydrogen-bond donors (Lipinski definition) is 1. The molecule has 0 saturated carbocycles. The van der Waals surface area contributed by atoms with Crippen molar-refractivity contribution in [2.24, 2.45) is 0 Å². The molecule has 28 heavy (non-hydrogen) atoms. The van der Waals surface area contributed by atoms with Crippen LogP contribution in [0.2, 0.25) is 0 Å². The molecular weight excluding hydrogens is 382 g/mol. The van der Waals surface area contributed by atoms with Crippen LogP contribution in [0.3, 0.4) is 0 Å². The van der Waals surface area contributed by atoms with E-state index in [0.29, 0.717) is 18.8 Å². The zero-order valence-electron chi connectivity index (χ0n) is 15.4. The minimum absolute atomic E-state index is 0.184. The molecule has 1 unspecified atom stereocenters. The molecule has 0 radical (unpaired) electrons. The van der Waals surface area contributed by atoms with Gasteiger partial charge in [0.2, 0.25) is 10.0 Å². The van der Waals surface area contributed by atoms with Gasteiger partial charge in [0, 0.05) is 31.2 Å². The van der Waals surface area contributed by atoms with Crippen molar-refractivity contribution >= 4 is 27.6 Å². The number of amides is 1. The van der Waals surface area contributed by atoms with E-state index in [1.54, 1.807) is 12.1 Å². The Labute approximate surface area is 163 Å². The van der Waals surface area contributed by atoms with E-state index in [1.165, 1.54) is 47.9 Å². The molecule has 1 aromatic heterocycles. The molecule has 2 heterocycles. The molecular formula is C19H21N3O5S. The maximum absolute atomic E-state index is 12.5. The van der Waals surface area contributed by atoms with Crippen LogP contribution in [0.1, 0.15) is 30.1 Å². The fraction of sp³-hybridized carbons (Fsp3) is 0.316. The van der Waals surface area contributed by atoms with E-state index in [2.05, 4.69) is 10.3 Å². The normalized spacial score (nSPS) is 15.8. The molecule has 8 nitrogen and oxygen atoms in total. The number of carbonyl (C=O) groups excluding carboxylic acids is 2. The smallest absolute Gasteiger partial charge is 0.340 e. The zero-order chi connectivity index (χ0) is 20.1. The van der Waals surface area contributed by atoms with E-state index in [4.69, 9.17) is 4.74 Å². The largest absolute Gasteiger partial charge is 0.449 e. The Bertz CT molecular complexity index is 939. The van der Waals surface area contributed by atoms with E-state index in [9.17, 15) is 18.0 Å². The second-order valence-electron chi connectivity index (χ2n) is 6.41. The highest BCUT2D eigenvalue weighted by Crippen LogP contribution is 2.22. The summed E-state index contributed by atoms with van der Waals surface area (Å²) in [7, 11) is -3.50. The van der Waals surface area contributed by atoms with Crippen LogP contribution < -0.4 is 5.32 Å².